The molecule has 1 aliphatic carbocycles. The van der Waals surface area contributed by atoms with Gasteiger partial charge in [-0.05, 0) is 223 Å². The molecule has 0 saturated carbocycles. The number of hydrogen-bond donors (Lipinski definition) is 0. The fraction of sp³-hybridized carbons (Fsp3) is 0.389. The Morgan fingerprint density at radius 3 is 1.49 bits per heavy atom. The molecular formula is C72H84BN3S. The van der Waals surface area contributed by atoms with Gasteiger partial charge in [-0.1, -0.05) is 149 Å². The van der Waals surface area contributed by atoms with E-state index < -0.39 is 0 Å². The Bertz CT molecular complexity index is 3310. The Morgan fingerprint density at radius 1 is 0.442 bits per heavy atom. The first kappa shape index (κ1) is 53.0. The Kier molecular flexibility index (Phi) is 15.4. The van der Waals surface area contributed by atoms with Crippen molar-refractivity contribution in [1.82, 2.24) is 0 Å². The van der Waals surface area contributed by atoms with Gasteiger partial charge >= 0.3 is 0 Å². The third-order valence-corrected chi connectivity index (χ3v) is 19.0. The van der Waals surface area contributed by atoms with Crippen LogP contribution in [0, 0.1) is 0 Å². The van der Waals surface area contributed by atoms with Crippen molar-refractivity contribution < 1.29 is 0 Å². The minimum absolute atomic E-state index is 0.0456. The molecule has 2 aliphatic heterocycles. The fourth-order valence-electron chi connectivity index (χ4n) is 13.1. The second-order valence-electron chi connectivity index (χ2n) is 24.4. The van der Waals surface area contributed by atoms with Gasteiger partial charge in [0.15, 0.2) is 0 Å². The predicted molar refractivity (Wildman–Crippen MR) is 339 cm³/mol. The molecule has 3 aliphatic rings. The SMILES string of the molecule is CCCCc1ccc(N(c2ccc(CCCC)cc2)c2ccc3c(c2)N(c2ccc(CCCC)cc2)c2cc(CCCC)cc4c2B3c2sc3ccc(CCCC)cc3c2N4c2ccc3c(c2)C(C)(C)CCC3(C)C)cc1. The highest BCUT2D eigenvalue weighted by Gasteiger charge is 2.46. The predicted octanol–water partition coefficient (Wildman–Crippen LogP) is 19.5. The summed E-state index contributed by atoms with van der Waals surface area (Å²) in [5.41, 5.74) is 24.4. The summed E-state index contributed by atoms with van der Waals surface area (Å²) in [6.45, 7) is 21.5. The van der Waals surface area contributed by atoms with Crippen molar-refractivity contribution in [3.63, 3.8) is 0 Å². The highest BCUT2D eigenvalue weighted by Crippen LogP contribution is 2.52. The molecule has 3 heterocycles. The molecule has 1 aromatic heterocycles. The van der Waals surface area contributed by atoms with Gasteiger partial charge in [-0.3, -0.25) is 0 Å². The summed E-state index contributed by atoms with van der Waals surface area (Å²) in [5.74, 6) is 0. The van der Waals surface area contributed by atoms with Crippen LogP contribution in [0.2, 0.25) is 0 Å². The van der Waals surface area contributed by atoms with E-state index in [1.165, 1.54) is 180 Å². The number of hydrogen-bond acceptors (Lipinski definition) is 4. The van der Waals surface area contributed by atoms with Gasteiger partial charge in [-0.25, -0.2) is 0 Å². The average molecular weight is 1030 g/mol. The Balaban J connectivity index is 1.18. The lowest BCUT2D eigenvalue weighted by atomic mass is 9.36. The summed E-state index contributed by atoms with van der Waals surface area (Å²) >= 11 is 2.03. The number of rotatable bonds is 20. The lowest BCUT2D eigenvalue weighted by Crippen LogP contribution is -2.60. The van der Waals surface area contributed by atoms with Gasteiger partial charge < -0.3 is 14.7 Å². The van der Waals surface area contributed by atoms with Gasteiger partial charge in [0.25, 0.3) is 6.71 Å². The zero-order valence-corrected chi connectivity index (χ0v) is 48.9. The number of fused-ring (bicyclic) bond motifs is 7. The fourth-order valence-corrected chi connectivity index (χ4v) is 14.4. The molecule has 8 aromatic rings. The number of thiophene rings is 1. The van der Waals surface area contributed by atoms with Crippen LogP contribution in [0.3, 0.4) is 0 Å². The summed E-state index contributed by atoms with van der Waals surface area (Å²) < 4.78 is 2.82. The summed E-state index contributed by atoms with van der Waals surface area (Å²) in [5, 5.41) is 1.39. The van der Waals surface area contributed by atoms with Crippen LogP contribution in [0.15, 0.2) is 140 Å². The van der Waals surface area contributed by atoms with Crippen LogP contribution in [0.1, 0.15) is 178 Å². The maximum atomic E-state index is 2.75. The zero-order valence-electron chi connectivity index (χ0n) is 48.1. The van der Waals surface area contributed by atoms with Crippen molar-refractivity contribution in [2.75, 3.05) is 14.7 Å². The van der Waals surface area contributed by atoms with Crippen LogP contribution in [-0.4, -0.2) is 6.71 Å². The monoisotopic (exact) mass is 1030 g/mol. The van der Waals surface area contributed by atoms with Crippen LogP contribution >= 0.6 is 11.3 Å². The summed E-state index contributed by atoms with van der Waals surface area (Å²) in [4.78, 5) is 7.94. The largest absolute Gasteiger partial charge is 0.311 e. The average Bonchev–Trinajstić information content (AvgIpc) is 3.96. The molecule has 0 bridgehead atoms. The highest BCUT2D eigenvalue weighted by molar-refractivity contribution is 7.33. The third kappa shape index (κ3) is 10.2. The van der Waals surface area contributed by atoms with E-state index in [0.29, 0.717) is 0 Å². The first-order valence-corrected chi connectivity index (χ1v) is 30.9. The Labute approximate surface area is 467 Å². The molecule has 0 radical (unpaired) electrons. The minimum atomic E-state index is 0.0456. The van der Waals surface area contributed by atoms with E-state index in [2.05, 4.69) is 217 Å². The quantitative estimate of drug-likeness (QED) is 0.0705. The number of nitrogens with zero attached hydrogens (tertiary/aromatic N) is 3. The molecular weight excluding hydrogens is 950 g/mol. The molecule has 3 nitrogen and oxygen atoms in total. The molecule has 0 atom stereocenters. The van der Waals surface area contributed by atoms with E-state index in [1.807, 2.05) is 11.3 Å². The molecule has 0 N–H and O–H groups in total. The van der Waals surface area contributed by atoms with E-state index in [9.17, 15) is 0 Å². The van der Waals surface area contributed by atoms with E-state index in [-0.39, 0.29) is 17.5 Å². The van der Waals surface area contributed by atoms with Crippen molar-refractivity contribution in [2.24, 2.45) is 0 Å². The van der Waals surface area contributed by atoms with E-state index >= 15 is 0 Å². The van der Waals surface area contributed by atoms with Gasteiger partial charge in [0.1, 0.15) is 0 Å². The first-order valence-electron chi connectivity index (χ1n) is 30.1. The molecule has 0 saturated heterocycles. The van der Waals surface area contributed by atoms with Crippen molar-refractivity contribution >= 4 is 95.0 Å². The van der Waals surface area contributed by atoms with Crippen LogP contribution in [0.4, 0.5) is 51.2 Å². The van der Waals surface area contributed by atoms with Crippen molar-refractivity contribution in [1.29, 1.82) is 0 Å². The van der Waals surface area contributed by atoms with Crippen LogP contribution < -0.4 is 30.4 Å². The molecule has 0 amide bonds. The Morgan fingerprint density at radius 2 is 0.922 bits per heavy atom. The summed E-state index contributed by atoms with van der Waals surface area (Å²) in [6, 6.07) is 56.3. The van der Waals surface area contributed by atoms with Crippen LogP contribution in [-0.2, 0) is 42.9 Å². The zero-order chi connectivity index (χ0) is 53.4. The second-order valence-corrected chi connectivity index (χ2v) is 25.5. The number of benzene rings is 7. The minimum Gasteiger partial charge on any atom is -0.311 e. The third-order valence-electron chi connectivity index (χ3n) is 17.8. The topological polar surface area (TPSA) is 9.72 Å². The van der Waals surface area contributed by atoms with Gasteiger partial charge in [0, 0.05) is 60.4 Å². The molecule has 7 aromatic carbocycles. The normalized spacial score (nSPS) is 14.8. The molecule has 0 unspecified atom stereocenters. The highest BCUT2D eigenvalue weighted by atomic mass is 32.1. The lowest BCUT2D eigenvalue weighted by Gasteiger charge is -2.45. The Hall–Kier alpha value is -6.04. The van der Waals surface area contributed by atoms with Gasteiger partial charge in [-0.2, -0.15) is 0 Å². The maximum Gasteiger partial charge on any atom is 0.264 e. The number of anilines is 9. The molecule has 396 valence electrons. The van der Waals surface area contributed by atoms with E-state index in [0.717, 1.165) is 44.9 Å². The maximum absolute atomic E-state index is 2.75. The van der Waals surface area contributed by atoms with Gasteiger partial charge in [0.2, 0.25) is 0 Å². The summed E-state index contributed by atoms with van der Waals surface area (Å²) in [6.07, 6.45) is 19.7. The first-order chi connectivity index (χ1) is 37.4. The number of aryl methyl sites for hydroxylation is 5. The van der Waals surface area contributed by atoms with Crippen molar-refractivity contribution in [3.05, 3.63) is 178 Å². The molecule has 11 rings (SSSR count). The standard InChI is InChI=1S/C72H84BN3S/c1-10-15-20-50-25-32-55(33-26-50)74(56-34-27-51(28-35-56)21-16-11-2)59-39-41-63-64(49-59)75(57-36-29-52(30-37-57)22-17-12-3)65-46-54(24-19-14-5)47-66-68(65)73(63)70-69(60-45-53(23-18-13-4)31-42-67(60)77-70)76(66)58-38-40-61-62(48-58)72(8,9)44-43-71(61,6)7/h25-42,45-49H,10-24,43-44H2,1-9H3. The molecule has 0 spiro atoms. The molecule has 77 heavy (non-hydrogen) atoms. The lowest BCUT2D eigenvalue weighted by molar-refractivity contribution is 0.332. The van der Waals surface area contributed by atoms with Gasteiger partial charge in [-0.15, -0.1) is 11.3 Å². The second kappa shape index (κ2) is 22.4. The summed E-state index contributed by atoms with van der Waals surface area (Å²) in [7, 11) is 0. The van der Waals surface area contributed by atoms with Crippen LogP contribution in [0.25, 0.3) is 10.1 Å². The van der Waals surface area contributed by atoms with Crippen molar-refractivity contribution in [2.45, 2.75) is 182 Å². The van der Waals surface area contributed by atoms with E-state index in [4.69, 9.17) is 0 Å². The number of unbranched alkanes of at least 4 members (excludes halogenated alkanes) is 5. The molecule has 5 heteroatoms. The van der Waals surface area contributed by atoms with Crippen molar-refractivity contribution in [3.8, 4) is 0 Å². The molecule has 0 fully saturated rings. The van der Waals surface area contributed by atoms with E-state index in [1.54, 1.807) is 0 Å². The van der Waals surface area contributed by atoms with Crippen LogP contribution in [0.5, 0.6) is 0 Å². The van der Waals surface area contributed by atoms with Gasteiger partial charge in [0.05, 0.1) is 5.69 Å². The smallest absolute Gasteiger partial charge is 0.264 e.